The normalized spacial score (nSPS) is 25.2. The van der Waals surface area contributed by atoms with Crippen molar-refractivity contribution >= 4 is 6.03 Å². The second-order valence-corrected chi connectivity index (χ2v) is 2.79. The van der Waals surface area contributed by atoms with Crippen molar-refractivity contribution in [3.63, 3.8) is 0 Å². The Morgan fingerprint density at radius 3 is 2.82 bits per heavy atom. The summed E-state index contributed by atoms with van der Waals surface area (Å²) < 4.78 is 0. The summed E-state index contributed by atoms with van der Waals surface area (Å²) >= 11 is 0. The lowest BCUT2D eigenvalue weighted by Crippen LogP contribution is -2.50. The summed E-state index contributed by atoms with van der Waals surface area (Å²) in [6.07, 6.45) is 6.11. The molecule has 0 saturated carbocycles. The van der Waals surface area contributed by atoms with Crippen LogP contribution in [0.25, 0.3) is 0 Å². The van der Waals surface area contributed by atoms with Crippen molar-refractivity contribution in [3.8, 4) is 12.3 Å². The summed E-state index contributed by atoms with van der Waals surface area (Å²) in [7, 11) is 3.52. The van der Waals surface area contributed by atoms with E-state index in [9.17, 15) is 4.79 Å². The molecule has 1 heterocycles. The predicted octanol–water partition coefficient (Wildman–Crippen LogP) is 0.376. The molecule has 1 aliphatic heterocycles. The molecule has 1 atom stereocenters. The monoisotopic (exact) mass is 152 g/mol. The minimum absolute atomic E-state index is 0.0131. The van der Waals surface area contributed by atoms with Gasteiger partial charge in [0.25, 0.3) is 0 Å². The molecule has 1 saturated heterocycles. The number of rotatable bonds is 0. The van der Waals surface area contributed by atoms with Crippen molar-refractivity contribution in [1.29, 1.82) is 0 Å². The van der Waals surface area contributed by atoms with Crippen LogP contribution < -0.4 is 0 Å². The zero-order valence-electron chi connectivity index (χ0n) is 6.87. The number of amides is 2. The molecule has 0 aliphatic carbocycles. The van der Waals surface area contributed by atoms with Gasteiger partial charge in [-0.3, -0.25) is 0 Å². The van der Waals surface area contributed by atoms with E-state index in [4.69, 9.17) is 6.42 Å². The van der Waals surface area contributed by atoms with Crippen molar-refractivity contribution in [1.82, 2.24) is 9.80 Å². The topological polar surface area (TPSA) is 23.6 Å². The van der Waals surface area contributed by atoms with Gasteiger partial charge in [0.15, 0.2) is 0 Å². The lowest BCUT2D eigenvalue weighted by atomic mass is 10.1. The van der Waals surface area contributed by atoms with Crippen LogP contribution in [0.15, 0.2) is 0 Å². The Bertz CT molecular complexity index is 207. The molecule has 3 nitrogen and oxygen atoms in total. The van der Waals surface area contributed by atoms with E-state index < -0.39 is 0 Å². The van der Waals surface area contributed by atoms with E-state index in [0.29, 0.717) is 0 Å². The van der Waals surface area contributed by atoms with Crippen molar-refractivity contribution < 1.29 is 4.79 Å². The zero-order valence-corrected chi connectivity index (χ0v) is 6.87. The Morgan fingerprint density at radius 1 is 1.64 bits per heavy atom. The quantitative estimate of drug-likeness (QED) is 0.460. The average molecular weight is 152 g/mol. The van der Waals surface area contributed by atoms with Crippen molar-refractivity contribution in [2.75, 3.05) is 20.6 Å². The molecule has 3 heteroatoms. The van der Waals surface area contributed by atoms with Gasteiger partial charge in [-0.1, -0.05) is 5.92 Å². The number of terminal acetylenes is 1. The van der Waals surface area contributed by atoms with E-state index in [1.807, 2.05) is 0 Å². The molecule has 1 unspecified atom stereocenters. The maximum atomic E-state index is 11.3. The molecule has 1 aliphatic rings. The summed E-state index contributed by atoms with van der Waals surface area (Å²) in [5.74, 6) is 2.58. The number of carbonyl (C=O) groups excluding carboxylic acids is 1. The molecule has 0 bridgehead atoms. The summed E-state index contributed by atoms with van der Waals surface area (Å²) in [6, 6.07) is -0.00194. The van der Waals surface area contributed by atoms with Crippen LogP contribution in [-0.2, 0) is 0 Å². The van der Waals surface area contributed by atoms with Gasteiger partial charge in [0.05, 0.1) is 6.04 Å². The highest BCUT2D eigenvalue weighted by molar-refractivity contribution is 5.75. The van der Waals surface area contributed by atoms with Crippen molar-refractivity contribution in [2.24, 2.45) is 0 Å². The Kier molecular flexibility index (Phi) is 2.04. The highest BCUT2D eigenvalue weighted by Crippen LogP contribution is 2.11. The lowest BCUT2D eigenvalue weighted by molar-refractivity contribution is 0.139. The van der Waals surface area contributed by atoms with Gasteiger partial charge in [-0.05, 0) is 6.42 Å². The van der Waals surface area contributed by atoms with E-state index in [0.717, 1.165) is 13.0 Å². The summed E-state index contributed by atoms with van der Waals surface area (Å²) in [5, 5.41) is 0. The average Bonchev–Trinajstić information content (AvgIpc) is 2.01. The van der Waals surface area contributed by atoms with Gasteiger partial charge in [0.1, 0.15) is 0 Å². The molecular formula is C8H12N2O. The number of hydrogen-bond acceptors (Lipinski definition) is 1. The van der Waals surface area contributed by atoms with Gasteiger partial charge in [0.2, 0.25) is 0 Å². The second kappa shape index (κ2) is 2.83. The lowest BCUT2D eigenvalue weighted by Gasteiger charge is -2.34. The van der Waals surface area contributed by atoms with Gasteiger partial charge >= 0.3 is 6.03 Å². The number of nitrogens with zero attached hydrogens (tertiary/aromatic N) is 2. The first-order valence-corrected chi connectivity index (χ1v) is 3.61. The molecule has 0 aromatic carbocycles. The fourth-order valence-electron chi connectivity index (χ4n) is 1.20. The van der Waals surface area contributed by atoms with Crippen LogP contribution in [0, 0.1) is 12.3 Å². The fourth-order valence-corrected chi connectivity index (χ4v) is 1.20. The Labute approximate surface area is 67.0 Å². The Balaban J connectivity index is 2.68. The number of urea groups is 1. The van der Waals surface area contributed by atoms with Crippen LogP contribution in [0.2, 0.25) is 0 Å². The molecule has 0 aromatic rings. The van der Waals surface area contributed by atoms with Gasteiger partial charge in [0, 0.05) is 20.6 Å². The standard InChI is InChI=1S/C8H12N2O/c1-4-7-5-6-9(2)8(11)10(7)3/h1,7H,5-6H2,2-3H3. The molecule has 1 rings (SSSR count). The maximum Gasteiger partial charge on any atom is 0.320 e. The molecule has 60 valence electrons. The first kappa shape index (κ1) is 7.93. The molecule has 0 radical (unpaired) electrons. The van der Waals surface area contributed by atoms with Crippen LogP contribution in [0.1, 0.15) is 6.42 Å². The highest BCUT2D eigenvalue weighted by atomic mass is 16.2. The molecule has 0 aromatic heterocycles. The third-order valence-corrected chi connectivity index (χ3v) is 2.03. The van der Waals surface area contributed by atoms with E-state index in [-0.39, 0.29) is 12.1 Å². The second-order valence-electron chi connectivity index (χ2n) is 2.79. The summed E-state index contributed by atoms with van der Waals surface area (Å²) in [5.41, 5.74) is 0. The zero-order chi connectivity index (χ0) is 8.43. The smallest absolute Gasteiger partial charge is 0.320 e. The van der Waals surface area contributed by atoms with E-state index in [1.54, 1.807) is 23.9 Å². The van der Waals surface area contributed by atoms with Crippen LogP contribution >= 0.6 is 0 Å². The van der Waals surface area contributed by atoms with Crippen LogP contribution in [0.5, 0.6) is 0 Å². The number of hydrogen-bond donors (Lipinski definition) is 0. The van der Waals surface area contributed by atoms with E-state index >= 15 is 0 Å². The molecular weight excluding hydrogens is 140 g/mol. The Hall–Kier alpha value is -1.17. The first-order valence-electron chi connectivity index (χ1n) is 3.61. The van der Waals surface area contributed by atoms with Gasteiger partial charge in [-0.2, -0.15) is 0 Å². The fraction of sp³-hybridized carbons (Fsp3) is 0.625. The summed E-state index contributed by atoms with van der Waals surface area (Å²) in [6.45, 7) is 0.762. The third kappa shape index (κ3) is 1.30. The largest absolute Gasteiger partial charge is 0.328 e. The van der Waals surface area contributed by atoms with Crippen molar-refractivity contribution in [2.45, 2.75) is 12.5 Å². The van der Waals surface area contributed by atoms with Gasteiger partial charge in [-0.25, -0.2) is 4.79 Å². The minimum atomic E-state index is -0.0151. The van der Waals surface area contributed by atoms with E-state index in [2.05, 4.69) is 5.92 Å². The predicted molar refractivity (Wildman–Crippen MR) is 43.0 cm³/mol. The first-order chi connectivity index (χ1) is 5.16. The minimum Gasteiger partial charge on any atom is -0.328 e. The Morgan fingerprint density at radius 2 is 2.27 bits per heavy atom. The van der Waals surface area contributed by atoms with Gasteiger partial charge in [-0.15, -0.1) is 6.42 Å². The molecule has 0 N–H and O–H groups in total. The molecule has 1 fully saturated rings. The highest BCUT2D eigenvalue weighted by Gasteiger charge is 2.26. The van der Waals surface area contributed by atoms with E-state index in [1.165, 1.54) is 0 Å². The van der Waals surface area contributed by atoms with Crippen LogP contribution in [0.3, 0.4) is 0 Å². The van der Waals surface area contributed by atoms with Gasteiger partial charge < -0.3 is 9.80 Å². The molecule has 11 heavy (non-hydrogen) atoms. The molecule has 0 spiro atoms. The molecule has 2 amide bonds. The maximum absolute atomic E-state index is 11.3. The summed E-state index contributed by atoms with van der Waals surface area (Å²) in [4.78, 5) is 14.5. The van der Waals surface area contributed by atoms with Crippen molar-refractivity contribution in [3.05, 3.63) is 0 Å². The SMILES string of the molecule is C#CC1CCN(C)C(=O)N1C. The van der Waals surface area contributed by atoms with Crippen LogP contribution in [0.4, 0.5) is 4.79 Å². The third-order valence-electron chi connectivity index (χ3n) is 2.03. The number of carbonyl (C=O) groups is 1. The van der Waals surface area contributed by atoms with Crippen LogP contribution in [-0.4, -0.2) is 42.5 Å².